The van der Waals surface area contributed by atoms with Gasteiger partial charge < -0.3 is 15.2 Å². The van der Waals surface area contributed by atoms with E-state index in [0.29, 0.717) is 11.3 Å². The summed E-state index contributed by atoms with van der Waals surface area (Å²) in [6.07, 6.45) is 0. The van der Waals surface area contributed by atoms with Crippen molar-refractivity contribution >= 4 is 25.6 Å². The Morgan fingerprint density at radius 3 is 2.41 bits per heavy atom. The van der Waals surface area contributed by atoms with E-state index in [-0.39, 0.29) is 16.2 Å². The molecule has 2 atom stereocenters. The molecule has 2 N–H and O–H groups in total. The van der Waals surface area contributed by atoms with E-state index < -0.39 is 61.3 Å². The van der Waals surface area contributed by atoms with Crippen LogP contribution in [0.1, 0.15) is 18.4 Å². The summed E-state index contributed by atoms with van der Waals surface area (Å²) in [5.41, 5.74) is 1.03. The third-order valence-electron chi connectivity index (χ3n) is 5.03. The van der Waals surface area contributed by atoms with Gasteiger partial charge in [-0.1, -0.05) is 30.3 Å². The molecule has 0 spiro atoms. The number of sulfone groups is 2. The van der Waals surface area contributed by atoms with Crippen LogP contribution in [0.2, 0.25) is 0 Å². The normalized spacial score (nSPS) is 26.0. The average molecular weight is 442 g/mol. The first-order valence-electron chi connectivity index (χ1n) is 8.97. The van der Waals surface area contributed by atoms with Gasteiger partial charge in [0.05, 0.1) is 40.8 Å². The van der Waals surface area contributed by atoms with E-state index in [0.717, 1.165) is 0 Å². The summed E-state index contributed by atoms with van der Waals surface area (Å²) in [4.78, 5) is 12.4. The lowest BCUT2D eigenvalue weighted by Crippen LogP contribution is -2.40. The molecule has 0 fully saturated rings. The Labute approximate surface area is 170 Å². The maximum absolute atomic E-state index is 13.3. The zero-order chi connectivity index (χ0) is 21.4. The molecule has 2 aliphatic heterocycles. The summed E-state index contributed by atoms with van der Waals surface area (Å²) in [5, 5.41) is 12.4. The van der Waals surface area contributed by atoms with E-state index in [1.807, 2.05) is 0 Å². The van der Waals surface area contributed by atoms with E-state index in [9.17, 15) is 26.7 Å². The van der Waals surface area contributed by atoms with Crippen molar-refractivity contribution in [2.75, 3.05) is 31.0 Å². The number of esters is 1. The quantitative estimate of drug-likeness (QED) is 0.649. The zero-order valence-corrected chi connectivity index (χ0v) is 17.7. The Hall–Kier alpha value is -2.17. The number of ether oxygens (including phenoxy) is 1. The second-order valence-electron chi connectivity index (χ2n) is 7.23. The van der Waals surface area contributed by atoms with Crippen LogP contribution in [0.4, 0.5) is 0 Å². The van der Waals surface area contributed by atoms with Gasteiger partial charge in [-0.05, 0) is 12.5 Å². The number of rotatable bonds is 3. The van der Waals surface area contributed by atoms with Crippen LogP contribution in [0, 0.1) is 5.92 Å². The van der Waals surface area contributed by atoms with Crippen LogP contribution in [0.3, 0.4) is 0 Å². The molecule has 1 aromatic carbocycles. The van der Waals surface area contributed by atoms with E-state index >= 15 is 0 Å². The van der Waals surface area contributed by atoms with Crippen LogP contribution in [0.5, 0.6) is 0 Å². The third-order valence-corrected chi connectivity index (χ3v) is 8.80. The van der Waals surface area contributed by atoms with Gasteiger partial charge >= 0.3 is 5.97 Å². The van der Waals surface area contributed by atoms with Gasteiger partial charge in [0.15, 0.2) is 19.7 Å². The number of benzene rings is 1. The van der Waals surface area contributed by atoms with Crippen LogP contribution in [-0.4, -0.2) is 58.9 Å². The predicted octanol–water partition coefficient (Wildman–Crippen LogP) is 0.484. The molecule has 2 aliphatic rings. The second kappa shape index (κ2) is 7.92. The number of hydrogen-bond donors (Lipinski definition) is 2. The highest BCUT2D eigenvalue weighted by Gasteiger charge is 2.44. The Bertz CT molecular complexity index is 1090. The highest BCUT2D eigenvalue weighted by molar-refractivity contribution is 7.96. The molecule has 0 aromatic heterocycles. The standard InChI is InChI=1S/C19H23NO7S2/c1-12-16(19(22)27-2)17(14-6-4-3-5-7-14)18-15(20-12)11-28(23,24)9-13(8-21)10-29(18,25)26/h3-7,13,17,20-21H,8-11H2,1-2H3. The number of methoxy groups -OCH3 is 1. The van der Waals surface area contributed by atoms with E-state index in [1.54, 1.807) is 37.3 Å². The van der Waals surface area contributed by atoms with Gasteiger partial charge in [-0.25, -0.2) is 21.6 Å². The molecule has 0 amide bonds. The fourth-order valence-electron chi connectivity index (χ4n) is 3.89. The summed E-state index contributed by atoms with van der Waals surface area (Å²) >= 11 is 0. The summed E-state index contributed by atoms with van der Waals surface area (Å²) < 4.78 is 56.7. The van der Waals surface area contributed by atoms with Crippen LogP contribution in [-0.2, 0) is 29.2 Å². The number of dihydropyridines is 1. The summed E-state index contributed by atoms with van der Waals surface area (Å²) in [7, 11) is -6.48. The molecule has 0 bridgehead atoms. The number of allylic oxidation sites excluding steroid dienone is 2. The zero-order valence-electron chi connectivity index (χ0n) is 16.1. The van der Waals surface area contributed by atoms with Crippen molar-refractivity contribution in [2.24, 2.45) is 5.92 Å². The predicted molar refractivity (Wildman–Crippen MR) is 107 cm³/mol. The van der Waals surface area contributed by atoms with Crippen molar-refractivity contribution in [3.8, 4) is 0 Å². The van der Waals surface area contributed by atoms with Crippen LogP contribution in [0.25, 0.3) is 0 Å². The van der Waals surface area contributed by atoms with E-state index in [2.05, 4.69) is 5.32 Å². The average Bonchev–Trinajstić information content (AvgIpc) is 2.65. The van der Waals surface area contributed by atoms with Gasteiger partial charge in [0, 0.05) is 23.9 Å². The molecule has 3 rings (SSSR count). The van der Waals surface area contributed by atoms with Crippen LogP contribution < -0.4 is 5.32 Å². The van der Waals surface area contributed by atoms with Crippen molar-refractivity contribution in [1.82, 2.24) is 5.32 Å². The van der Waals surface area contributed by atoms with Crippen molar-refractivity contribution in [2.45, 2.75) is 12.8 Å². The minimum atomic E-state index is -4.00. The maximum atomic E-state index is 13.3. The van der Waals surface area contributed by atoms with Gasteiger partial charge in [-0.3, -0.25) is 0 Å². The smallest absolute Gasteiger partial charge is 0.336 e. The lowest BCUT2D eigenvalue weighted by atomic mass is 9.86. The molecule has 1 aromatic rings. The van der Waals surface area contributed by atoms with Crippen LogP contribution >= 0.6 is 0 Å². The van der Waals surface area contributed by atoms with Crippen molar-refractivity contribution < 1.29 is 31.5 Å². The summed E-state index contributed by atoms with van der Waals surface area (Å²) in [6.45, 7) is 1.02. The fraction of sp³-hybridized carbons (Fsp3) is 0.421. The molecule has 2 unspecified atom stereocenters. The molecule has 0 radical (unpaired) electrons. The summed E-state index contributed by atoms with van der Waals surface area (Å²) in [6, 6.07) is 8.55. The molecular formula is C19H23NO7S2. The largest absolute Gasteiger partial charge is 0.466 e. The molecule has 158 valence electrons. The number of aliphatic hydroxyl groups is 1. The molecule has 10 heteroatoms. The molecule has 29 heavy (non-hydrogen) atoms. The van der Waals surface area contributed by atoms with Crippen LogP contribution in [0.15, 0.2) is 52.2 Å². The lowest BCUT2D eigenvalue weighted by molar-refractivity contribution is -0.136. The van der Waals surface area contributed by atoms with Gasteiger partial charge in [-0.15, -0.1) is 0 Å². The van der Waals surface area contributed by atoms with Gasteiger partial charge in [0.1, 0.15) is 0 Å². The Morgan fingerprint density at radius 2 is 1.83 bits per heavy atom. The van der Waals surface area contributed by atoms with Gasteiger partial charge in [0.2, 0.25) is 0 Å². The Morgan fingerprint density at radius 1 is 1.17 bits per heavy atom. The Kier molecular flexibility index (Phi) is 5.88. The van der Waals surface area contributed by atoms with E-state index in [4.69, 9.17) is 4.74 Å². The summed E-state index contributed by atoms with van der Waals surface area (Å²) in [5.74, 6) is -4.12. The van der Waals surface area contributed by atoms with E-state index in [1.165, 1.54) is 7.11 Å². The lowest BCUT2D eigenvalue weighted by Gasteiger charge is -2.34. The first-order chi connectivity index (χ1) is 13.6. The minimum Gasteiger partial charge on any atom is -0.466 e. The minimum absolute atomic E-state index is 0.0420. The first-order valence-corrected chi connectivity index (χ1v) is 12.4. The molecular weight excluding hydrogens is 418 g/mol. The number of carbonyl (C=O) groups excluding carboxylic acids is 1. The maximum Gasteiger partial charge on any atom is 0.336 e. The molecule has 8 nitrogen and oxygen atoms in total. The molecule has 0 saturated heterocycles. The number of nitrogens with one attached hydrogen (secondary N) is 1. The first kappa shape index (κ1) is 21.5. The van der Waals surface area contributed by atoms with Crippen molar-refractivity contribution in [3.63, 3.8) is 0 Å². The SMILES string of the molecule is COC(=O)C1=C(C)NC2=C(C1c1ccccc1)S(=O)(=O)CC(CO)CS(=O)(=O)C2. The Balaban J connectivity index is 2.31. The molecule has 0 saturated carbocycles. The second-order valence-corrected chi connectivity index (χ2v) is 11.3. The fourth-order valence-corrected chi connectivity index (χ4v) is 7.99. The van der Waals surface area contributed by atoms with Crippen molar-refractivity contribution in [3.05, 3.63) is 57.8 Å². The number of aliphatic hydroxyl groups excluding tert-OH is 1. The highest BCUT2D eigenvalue weighted by atomic mass is 32.2. The topological polar surface area (TPSA) is 127 Å². The van der Waals surface area contributed by atoms with Crippen molar-refractivity contribution in [1.29, 1.82) is 0 Å². The van der Waals surface area contributed by atoms with Gasteiger partial charge in [-0.2, -0.15) is 0 Å². The monoisotopic (exact) mass is 441 g/mol. The number of hydrogen-bond acceptors (Lipinski definition) is 8. The third kappa shape index (κ3) is 4.24. The highest BCUT2D eigenvalue weighted by Crippen LogP contribution is 2.42. The molecule has 0 aliphatic carbocycles. The van der Waals surface area contributed by atoms with Gasteiger partial charge in [0.25, 0.3) is 0 Å². The number of carbonyl (C=O) groups is 1. The molecule has 2 heterocycles.